The number of nitrogens with one attached hydrogen (secondary N) is 1. The van der Waals surface area contributed by atoms with E-state index in [9.17, 15) is 22.8 Å². The van der Waals surface area contributed by atoms with Crippen LogP contribution in [-0.2, 0) is 29.5 Å². The van der Waals surface area contributed by atoms with Crippen LogP contribution in [0.2, 0.25) is 0 Å². The van der Waals surface area contributed by atoms with Gasteiger partial charge in [0.15, 0.2) is 17.5 Å². The van der Waals surface area contributed by atoms with E-state index in [0.29, 0.717) is 0 Å². The summed E-state index contributed by atoms with van der Waals surface area (Å²) in [4.78, 5) is 44.1. The maximum Gasteiger partial charge on any atom is 0.404 e. The number of nitrogens with zero attached hydrogens (tertiary/aromatic N) is 3. The zero-order chi connectivity index (χ0) is 21.8. The summed E-state index contributed by atoms with van der Waals surface area (Å²) in [6.07, 6.45) is 3.78. The molecule has 2 rings (SSSR count). The van der Waals surface area contributed by atoms with Crippen LogP contribution in [0.1, 0.15) is 5.69 Å². The highest BCUT2D eigenvalue weighted by Gasteiger charge is 2.54. The van der Waals surface area contributed by atoms with Crippen LogP contribution < -0.4 is 16.8 Å². The Morgan fingerprint density at radius 3 is 2.72 bits per heavy atom. The lowest BCUT2D eigenvalue weighted by Crippen LogP contribution is -2.73. The van der Waals surface area contributed by atoms with E-state index in [1.165, 1.54) is 5.38 Å². The summed E-state index contributed by atoms with van der Waals surface area (Å²) in [5, 5.41) is 7.25. The van der Waals surface area contributed by atoms with Gasteiger partial charge in [0.25, 0.3) is 11.8 Å². The molecule has 2 unspecified atom stereocenters. The van der Waals surface area contributed by atoms with E-state index in [0.717, 1.165) is 11.3 Å². The molecule has 1 fully saturated rings. The van der Waals surface area contributed by atoms with Gasteiger partial charge in [-0.15, -0.1) is 17.8 Å². The molecule has 1 aliphatic rings. The average molecular weight is 446 g/mol. The zero-order valence-electron chi connectivity index (χ0n) is 14.3. The van der Waals surface area contributed by atoms with Crippen LogP contribution in [0.3, 0.4) is 0 Å². The predicted molar refractivity (Wildman–Crippen MR) is 97.5 cm³/mol. The van der Waals surface area contributed by atoms with Crippen molar-refractivity contribution in [1.29, 1.82) is 0 Å². The van der Waals surface area contributed by atoms with Gasteiger partial charge in [-0.1, -0.05) is 11.1 Å². The third-order valence-electron chi connectivity index (χ3n) is 3.38. The molecule has 0 radical (unpaired) electrons. The van der Waals surface area contributed by atoms with Gasteiger partial charge >= 0.3 is 16.4 Å². The molecule has 2 heterocycles. The Bertz CT molecular complexity index is 997. The second kappa shape index (κ2) is 8.72. The Kier molecular flexibility index (Phi) is 6.58. The van der Waals surface area contributed by atoms with E-state index in [2.05, 4.69) is 26.1 Å². The van der Waals surface area contributed by atoms with Crippen LogP contribution in [0.25, 0.3) is 0 Å². The molecule has 0 aromatic carbocycles. The van der Waals surface area contributed by atoms with Gasteiger partial charge in [-0.25, -0.2) is 14.1 Å². The largest absolute Gasteiger partial charge is 0.447 e. The lowest BCUT2D eigenvalue weighted by molar-refractivity contribution is -0.146. The number of aromatic nitrogens is 1. The Morgan fingerprint density at radius 2 is 2.21 bits per heavy atom. The number of primary amides is 1. The van der Waals surface area contributed by atoms with Gasteiger partial charge in [0, 0.05) is 5.38 Å². The normalized spacial score (nSPS) is 19.1. The molecule has 1 aromatic heterocycles. The number of β-lactam (4-membered cyclic amide) rings is 1. The van der Waals surface area contributed by atoms with Gasteiger partial charge in [-0.05, 0) is 0 Å². The van der Waals surface area contributed by atoms with Crippen molar-refractivity contribution in [3.8, 4) is 12.3 Å². The summed E-state index contributed by atoms with van der Waals surface area (Å²) in [5.41, 5.74) is 9.94. The maximum atomic E-state index is 12.6. The molecule has 14 nitrogen and oxygen atoms in total. The highest BCUT2D eigenvalue weighted by Crippen LogP contribution is 2.24. The van der Waals surface area contributed by atoms with E-state index in [1.54, 1.807) is 0 Å². The Labute approximate surface area is 167 Å². The van der Waals surface area contributed by atoms with Crippen molar-refractivity contribution < 1.29 is 36.9 Å². The van der Waals surface area contributed by atoms with Crippen molar-refractivity contribution in [3.05, 3.63) is 11.1 Å². The molecular formula is C13H14N6O8S2. The highest BCUT2D eigenvalue weighted by atomic mass is 32.2. The van der Waals surface area contributed by atoms with Crippen LogP contribution in [-0.4, -0.2) is 71.2 Å². The van der Waals surface area contributed by atoms with Crippen molar-refractivity contribution in [2.45, 2.75) is 12.1 Å². The lowest BCUT2D eigenvalue weighted by Gasteiger charge is -2.43. The Hall–Kier alpha value is -3.42. The molecule has 1 aromatic rings. The van der Waals surface area contributed by atoms with Crippen molar-refractivity contribution in [2.24, 2.45) is 10.9 Å². The van der Waals surface area contributed by atoms with Crippen molar-refractivity contribution in [3.63, 3.8) is 0 Å². The molecule has 0 saturated carbocycles. The molecule has 2 atom stereocenters. The second-order valence-electron chi connectivity index (χ2n) is 5.25. The van der Waals surface area contributed by atoms with Crippen molar-refractivity contribution in [2.75, 3.05) is 18.9 Å². The SMILES string of the molecule is C#CCO/N=C(\C(=O)NC1C(=O)N(S(=O)(=O)O)C1COC(N)=O)c1csc(N)n1. The summed E-state index contributed by atoms with van der Waals surface area (Å²) >= 11 is 0.995. The van der Waals surface area contributed by atoms with E-state index in [-0.39, 0.29) is 21.7 Å². The van der Waals surface area contributed by atoms with Crippen LogP contribution in [0.4, 0.5) is 9.93 Å². The summed E-state index contributed by atoms with van der Waals surface area (Å²) in [5.74, 6) is -0.0490. The van der Waals surface area contributed by atoms with E-state index in [1.807, 2.05) is 0 Å². The fraction of sp³-hybridized carbons (Fsp3) is 0.308. The molecule has 0 aliphatic carbocycles. The fourth-order valence-corrected chi connectivity index (χ4v) is 3.65. The first kappa shape index (κ1) is 21.9. The number of thiazole rings is 1. The van der Waals surface area contributed by atoms with Crippen molar-refractivity contribution in [1.82, 2.24) is 14.6 Å². The molecule has 1 saturated heterocycles. The van der Waals surface area contributed by atoms with Gasteiger partial charge in [-0.3, -0.25) is 14.1 Å². The number of amides is 3. The number of hydrogen-bond acceptors (Lipinski definition) is 11. The summed E-state index contributed by atoms with van der Waals surface area (Å²) < 4.78 is 36.3. The van der Waals surface area contributed by atoms with Gasteiger partial charge in [0.2, 0.25) is 0 Å². The maximum absolute atomic E-state index is 12.6. The smallest absolute Gasteiger partial charge is 0.404 e. The van der Waals surface area contributed by atoms with Crippen LogP contribution in [0, 0.1) is 12.3 Å². The minimum atomic E-state index is -4.97. The third kappa shape index (κ3) is 5.10. The van der Waals surface area contributed by atoms with Gasteiger partial charge in [-0.2, -0.15) is 8.42 Å². The number of rotatable bonds is 8. The number of nitrogens with two attached hydrogens (primary N) is 2. The molecule has 16 heteroatoms. The first-order valence-electron chi connectivity index (χ1n) is 7.44. The molecule has 0 bridgehead atoms. The Morgan fingerprint density at radius 1 is 1.52 bits per heavy atom. The topological polar surface area (TPSA) is 217 Å². The molecule has 156 valence electrons. The number of carbonyl (C=O) groups excluding carboxylic acids is 3. The van der Waals surface area contributed by atoms with E-state index >= 15 is 0 Å². The van der Waals surface area contributed by atoms with Gasteiger partial charge in [0.05, 0.1) is 0 Å². The first-order chi connectivity index (χ1) is 13.6. The number of anilines is 1. The highest BCUT2D eigenvalue weighted by molar-refractivity contribution is 7.84. The lowest BCUT2D eigenvalue weighted by atomic mass is 9.99. The molecule has 0 spiro atoms. The van der Waals surface area contributed by atoms with Crippen molar-refractivity contribution >= 4 is 50.4 Å². The minimum Gasteiger partial charge on any atom is -0.447 e. The molecule has 3 amide bonds. The number of oxime groups is 1. The molecular weight excluding hydrogens is 432 g/mol. The summed E-state index contributed by atoms with van der Waals surface area (Å²) in [7, 11) is -4.97. The van der Waals surface area contributed by atoms with E-state index in [4.69, 9.17) is 27.3 Å². The number of ether oxygens (including phenoxy) is 1. The molecule has 1 aliphatic heterocycles. The third-order valence-corrected chi connectivity index (χ3v) is 5.01. The summed E-state index contributed by atoms with van der Waals surface area (Å²) in [6.45, 7) is -0.986. The van der Waals surface area contributed by atoms with Crippen LogP contribution >= 0.6 is 11.3 Å². The predicted octanol–water partition coefficient (Wildman–Crippen LogP) is -2.33. The van der Waals surface area contributed by atoms with Crippen LogP contribution in [0.15, 0.2) is 10.5 Å². The van der Waals surface area contributed by atoms with E-state index < -0.39 is 52.6 Å². The number of hydrogen-bond donors (Lipinski definition) is 4. The number of carbonyl (C=O) groups is 3. The zero-order valence-corrected chi connectivity index (χ0v) is 16.0. The Balaban J connectivity index is 2.24. The van der Waals surface area contributed by atoms with Gasteiger partial charge < -0.3 is 26.4 Å². The molecule has 29 heavy (non-hydrogen) atoms. The summed E-state index contributed by atoms with van der Waals surface area (Å²) in [6, 6.07) is -2.93. The number of terminal acetylenes is 1. The fourth-order valence-electron chi connectivity index (χ4n) is 2.24. The second-order valence-corrected chi connectivity index (χ2v) is 7.43. The first-order valence-corrected chi connectivity index (χ1v) is 9.72. The minimum absolute atomic E-state index is 0.00497. The van der Waals surface area contributed by atoms with Crippen LogP contribution in [0.5, 0.6) is 0 Å². The number of nitrogen functional groups attached to an aromatic ring is 1. The molecule has 6 N–H and O–H groups in total. The monoisotopic (exact) mass is 446 g/mol. The van der Waals surface area contributed by atoms with Gasteiger partial charge in [0.1, 0.15) is 24.4 Å². The quantitative estimate of drug-likeness (QED) is 0.0833. The standard InChI is InChI=1S/C13H14N6O8S2/c1-2-3-27-18-8(6-5-28-12(14)16-6)10(20)17-9-7(4-26-13(15)22)19(11(9)21)29(23,24)25/h1,5,7,9H,3-4H2,(H2,14,16)(H2,15,22)(H,17,20)(H,23,24,25)/b18-8-. The average Bonchev–Trinajstić information content (AvgIpc) is 3.04.